The van der Waals surface area contributed by atoms with Gasteiger partial charge in [-0.2, -0.15) is 0 Å². The maximum atomic E-state index is 5.78. The summed E-state index contributed by atoms with van der Waals surface area (Å²) in [5.74, 6) is 0.866. The molecule has 2 N–H and O–H groups in total. The lowest BCUT2D eigenvalue weighted by Gasteiger charge is -2.15. The summed E-state index contributed by atoms with van der Waals surface area (Å²) in [6.45, 7) is 1.22. The normalized spacial score (nSPS) is 33.6. The van der Waals surface area contributed by atoms with Crippen molar-refractivity contribution in [2.45, 2.75) is 25.3 Å². The molecule has 2 nitrogen and oxygen atoms in total. The topological polar surface area (TPSA) is 29.3 Å². The number of rotatable bonds is 2. The van der Waals surface area contributed by atoms with Gasteiger partial charge in [0.1, 0.15) is 0 Å². The minimum atomic E-state index is 0.491. The monoisotopic (exact) mass is 142 g/mol. The Morgan fingerprint density at radius 2 is 2.10 bits per heavy atom. The van der Waals surface area contributed by atoms with Crippen molar-refractivity contribution in [2.75, 3.05) is 20.6 Å². The molecule has 0 aromatic rings. The predicted octanol–water partition coefficient (Wildman–Crippen LogP) is 0.675. The standard InChI is InChI=1S/C8H18N2/c1-10(2)6-7-3-4-8(9)5-7/h7-8H,3-6,9H2,1-2H3/t7-,8+/m1/s1. The molecule has 0 saturated heterocycles. The van der Waals surface area contributed by atoms with Crippen molar-refractivity contribution in [3.63, 3.8) is 0 Å². The van der Waals surface area contributed by atoms with Gasteiger partial charge in [-0.25, -0.2) is 0 Å². The maximum absolute atomic E-state index is 5.78. The lowest BCUT2D eigenvalue weighted by Crippen LogP contribution is -2.22. The first-order valence-corrected chi connectivity index (χ1v) is 4.09. The van der Waals surface area contributed by atoms with Crippen LogP contribution in [-0.2, 0) is 0 Å². The highest BCUT2D eigenvalue weighted by Crippen LogP contribution is 2.23. The van der Waals surface area contributed by atoms with Gasteiger partial charge in [0.25, 0.3) is 0 Å². The Balaban J connectivity index is 2.18. The van der Waals surface area contributed by atoms with Crippen LogP contribution in [0.25, 0.3) is 0 Å². The average molecular weight is 142 g/mol. The number of hydrogen-bond donors (Lipinski definition) is 1. The van der Waals surface area contributed by atoms with Crippen molar-refractivity contribution in [1.82, 2.24) is 4.90 Å². The highest BCUT2D eigenvalue weighted by molar-refractivity contribution is 4.78. The van der Waals surface area contributed by atoms with Crippen molar-refractivity contribution < 1.29 is 0 Å². The summed E-state index contributed by atoms with van der Waals surface area (Å²) in [6, 6.07) is 0.491. The van der Waals surface area contributed by atoms with Gasteiger partial charge in [-0.3, -0.25) is 0 Å². The zero-order chi connectivity index (χ0) is 7.56. The van der Waals surface area contributed by atoms with Crippen molar-refractivity contribution in [2.24, 2.45) is 11.7 Å². The highest BCUT2D eigenvalue weighted by atomic mass is 15.1. The van der Waals surface area contributed by atoms with E-state index in [1.54, 1.807) is 0 Å². The molecule has 1 aliphatic rings. The molecule has 0 heterocycles. The van der Waals surface area contributed by atoms with Crippen molar-refractivity contribution in [1.29, 1.82) is 0 Å². The third-order valence-electron chi connectivity index (χ3n) is 2.21. The summed E-state index contributed by atoms with van der Waals surface area (Å²) in [6.07, 6.45) is 3.80. The second kappa shape index (κ2) is 3.35. The molecule has 1 fully saturated rings. The largest absolute Gasteiger partial charge is 0.328 e. The summed E-state index contributed by atoms with van der Waals surface area (Å²) in [4.78, 5) is 2.25. The van der Waals surface area contributed by atoms with Crippen LogP contribution in [0.2, 0.25) is 0 Å². The molecule has 0 radical (unpaired) electrons. The average Bonchev–Trinajstić information content (AvgIpc) is 2.13. The van der Waals surface area contributed by atoms with Crippen LogP contribution in [0, 0.1) is 5.92 Å². The van der Waals surface area contributed by atoms with Gasteiger partial charge < -0.3 is 10.6 Å². The van der Waals surface area contributed by atoms with Gasteiger partial charge in [0.05, 0.1) is 0 Å². The molecule has 0 aliphatic heterocycles. The van der Waals surface area contributed by atoms with Gasteiger partial charge in [0.2, 0.25) is 0 Å². The van der Waals surface area contributed by atoms with E-state index < -0.39 is 0 Å². The molecule has 0 aromatic heterocycles. The molecule has 2 atom stereocenters. The molecule has 0 amide bonds. The Hall–Kier alpha value is -0.0800. The van der Waals surface area contributed by atoms with Gasteiger partial charge in [-0.05, 0) is 39.3 Å². The smallest absolute Gasteiger partial charge is 0.00420 e. The van der Waals surface area contributed by atoms with E-state index in [0.717, 1.165) is 5.92 Å². The lowest BCUT2D eigenvalue weighted by molar-refractivity contribution is 0.326. The Labute approximate surface area is 63.4 Å². The minimum Gasteiger partial charge on any atom is -0.328 e. The van der Waals surface area contributed by atoms with Crippen LogP contribution in [0.5, 0.6) is 0 Å². The first-order valence-electron chi connectivity index (χ1n) is 4.09. The first kappa shape index (κ1) is 8.02. The van der Waals surface area contributed by atoms with Crippen LogP contribution >= 0.6 is 0 Å². The van der Waals surface area contributed by atoms with E-state index in [2.05, 4.69) is 19.0 Å². The zero-order valence-corrected chi connectivity index (χ0v) is 7.01. The summed E-state index contributed by atoms with van der Waals surface area (Å²) >= 11 is 0. The van der Waals surface area contributed by atoms with Crippen LogP contribution in [0.1, 0.15) is 19.3 Å². The van der Waals surface area contributed by atoms with E-state index >= 15 is 0 Å². The van der Waals surface area contributed by atoms with Gasteiger partial charge in [-0.1, -0.05) is 0 Å². The Bertz CT molecular complexity index is 101. The molecule has 60 valence electrons. The maximum Gasteiger partial charge on any atom is 0.00420 e. The van der Waals surface area contributed by atoms with Crippen LogP contribution in [-0.4, -0.2) is 31.6 Å². The fraction of sp³-hybridized carbons (Fsp3) is 1.00. The van der Waals surface area contributed by atoms with Crippen LogP contribution in [0.15, 0.2) is 0 Å². The Kier molecular flexibility index (Phi) is 2.69. The van der Waals surface area contributed by atoms with Crippen LogP contribution < -0.4 is 5.73 Å². The van der Waals surface area contributed by atoms with Crippen molar-refractivity contribution >= 4 is 0 Å². The highest BCUT2D eigenvalue weighted by Gasteiger charge is 2.21. The van der Waals surface area contributed by atoms with E-state index in [-0.39, 0.29) is 0 Å². The van der Waals surface area contributed by atoms with Crippen LogP contribution in [0.3, 0.4) is 0 Å². The molecular weight excluding hydrogens is 124 g/mol. The van der Waals surface area contributed by atoms with Gasteiger partial charge in [-0.15, -0.1) is 0 Å². The summed E-state index contributed by atoms with van der Waals surface area (Å²) in [5.41, 5.74) is 5.78. The molecule has 0 aromatic carbocycles. The molecule has 0 bridgehead atoms. The van der Waals surface area contributed by atoms with E-state index in [1.807, 2.05) is 0 Å². The van der Waals surface area contributed by atoms with E-state index in [1.165, 1.54) is 25.8 Å². The first-order chi connectivity index (χ1) is 4.68. The summed E-state index contributed by atoms with van der Waals surface area (Å²) < 4.78 is 0. The van der Waals surface area contributed by atoms with E-state index in [9.17, 15) is 0 Å². The molecule has 1 saturated carbocycles. The zero-order valence-electron chi connectivity index (χ0n) is 7.01. The molecule has 0 unspecified atom stereocenters. The molecule has 1 aliphatic carbocycles. The second-order valence-electron chi connectivity index (χ2n) is 3.70. The molecule has 10 heavy (non-hydrogen) atoms. The fourth-order valence-corrected chi connectivity index (χ4v) is 1.80. The van der Waals surface area contributed by atoms with Crippen LogP contribution in [0.4, 0.5) is 0 Å². The Morgan fingerprint density at radius 3 is 2.50 bits per heavy atom. The molecule has 0 spiro atoms. The van der Waals surface area contributed by atoms with Crippen molar-refractivity contribution in [3.05, 3.63) is 0 Å². The fourth-order valence-electron chi connectivity index (χ4n) is 1.80. The third-order valence-corrected chi connectivity index (χ3v) is 2.21. The Morgan fingerprint density at radius 1 is 1.40 bits per heavy atom. The number of nitrogens with zero attached hydrogens (tertiary/aromatic N) is 1. The summed E-state index contributed by atoms with van der Waals surface area (Å²) in [5, 5.41) is 0. The minimum absolute atomic E-state index is 0.491. The van der Waals surface area contributed by atoms with E-state index in [4.69, 9.17) is 5.73 Å². The molecule has 2 heteroatoms. The molecule has 1 rings (SSSR count). The van der Waals surface area contributed by atoms with Gasteiger partial charge >= 0.3 is 0 Å². The SMILES string of the molecule is CN(C)C[C@@H]1CC[C@H](N)C1. The third kappa shape index (κ3) is 2.27. The summed E-state index contributed by atoms with van der Waals surface area (Å²) in [7, 11) is 4.26. The predicted molar refractivity (Wildman–Crippen MR) is 43.9 cm³/mol. The van der Waals surface area contributed by atoms with E-state index in [0.29, 0.717) is 6.04 Å². The second-order valence-corrected chi connectivity index (χ2v) is 3.70. The quantitative estimate of drug-likeness (QED) is 0.614. The van der Waals surface area contributed by atoms with Gasteiger partial charge in [0.15, 0.2) is 0 Å². The van der Waals surface area contributed by atoms with Crippen molar-refractivity contribution in [3.8, 4) is 0 Å². The molecular formula is C8H18N2. The number of hydrogen-bond acceptors (Lipinski definition) is 2. The lowest BCUT2D eigenvalue weighted by atomic mass is 10.1. The number of nitrogens with two attached hydrogens (primary N) is 1. The van der Waals surface area contributed by atoms with Gasteiger partial charge in [0, 0.05) is 12.6 Å².